The van der Waals surface area contributed by atoms with E-state index in [1.807, 2.05) is 36.4 Å². The summed E-state index contributed by atoms with van der Waals surface area (Å²) in [5, 5.41) is 1.05. The molecule has 1 amide bonds. The van der Waals surface area contributed by atoms with Crippen molar-refractivity contribution in [3.63, 3.8) is 0 Å². The van der Waals surface area contributed by atoms with Crippen LogP contribution in [0.15, 0.2) is 58.3 Å². The Morgan fingerprint density at radius 3 is 2.78 bits per heavy atom. The number of rotatable bonds is 5. The van der Waals surface area contributed by atoms with E-state index in [2.05, 4.69) is 9.97 Å². The topological polar surface area (TPSA) is 97.3 Å². The van der Waals surface area contributed by atoms with Gasteiger partial charge in [0.2, 0.25) is 11.8 Å². The van der Waals surface area contributed by atoms with Crippen LogP contribution in [-0.4, -0.2) is 44.5 Å². The number of H-pyrrole nitrogens is 1. The molecule has 1 fully saturated rings. The number of likely N-dealkylation sites (tertiary alicyclic amines) is 1. The highest BCUT2D eigenvalue weighted by atomic mass is 16.5. The predicted molar refractivity (Wildman–Crippen MR) is 98.7 cm³/mol. The van der Waals surface area contributed by atoms with Crippen LogP contribution in [0.5, 0.6) is 5.88 Å². The number of aromatic nitrogens is 3. The van der Waals surface area contributed by atoms with Crippen LogP contribution in [0.3, 0.4) is 0 Å². The summed E-state index contributed by atoms with van der Waals surface area (Å²) in [5.41, 5.74) is -0.0938. The van der Waals surface area contributed by atoms with Gasteiger partial charge in [0.25, 0.3) is 5.56 Å². The number of aryl methyl sites for hydroxylation is 1. The van der Waals surface area contributed by atoms with E-state index in [-0.39, 0.29) is 25.0 Å². The normalized spacial score (nSPS) is 14.1. The minimum atomic E-state index is -0.512. The van der Waals surface area contributed by atoms with Gasteiger partial charge in [-0.1, -0.05) is 18.2 Å². The molecule has 8 nitrogen and oxygen atoms in total. The van der Waals surface area contributed by atoms with Crippen molar-refractivity contribution in [2.24, 2.45) is 0 Å². The molecule has 3 aromatic rings. The monoisotopic (exact) mass is 366 g/mol. The van der Waals surface area contributed by atoms with Gasteiger partial charge in [-0.05, 0) is 12.1 Å². The fourth-order valence-electron chi connectivity index (χ4n) is 2.99. The van der Waals surface area contributed by atoms with Crippen molar-refractivity contribution >= 4 is 16.8 Å². The van der Waals surface area contributed by atoms with Crippen molar-refractivity contribution < 1.29 is 9.53 Å². The van der Waals surface area contributed by atoms with Gasteiger partial charge in [0, 0.05) is 36.7 Å². The number of hydrogen-bond donors (Lipinski definition) is 1. The average Bonchev–Trinajstić information content (AvgIpc) is 2.63. The van der Waals surface area contributed by atoms with Gasteiger partial charge in [-0.3, -0.25) is 14.6 Å². The Morgan fingerprint density at radius 2 is 1.96 bits per heavy atom. The van der Waals surface area contributed by atoms with Crippen LogP contribution in [0.25, 0.3) is 10.9 Å². The van der Waals surface area contributed by atoms with Gasteiger partial charge in [0.1, 0.15) is 6.10 Å². The second kappa shape index (κ2) is 7.06. The van der Waals surface area contributed by atoms with Gasteiger partial charge in [-0.2, -0.15) is 0 Å². The van der Waals surface area contributed by atoms with E-state index >= 15 is 0 Å². The Bertz CT molecular complexity index is 1100. The summed E-state index contributed by atoms with van der Waals surface area (Å²) in [4.78, 5) is 43.2. The Labute approximate surface area is 154 Å². The molecule has 1 aliphatic heterocycles. The first-order valence-electron chi connectivity index (χ1n) is 8.68. The van der Waals surface area contributed by atoms with Crippen molar-refractivity contribution in [1.82, 2.24) is 19.4 Å². The highest BCUT2D eigenvalue weighted by Gasteiger charge is 2.32. The smallest absolute Gasteiger partial charge is 0.328 e. The number of carbonyl (C=O) groups is 1. The number of amides is 1. The number of ether oxygens (including phenoxy) is 1. The number of hydrogen-bond acceptors (Lipinski definition) is 5. The first kappa shape index (κ1) is 17.0. The van der Waals surface area contributed by atoms with E-state index in [0.29, 0.717) is 19.0 Å². The Kier molecular flexibility index (Phi) is 4.45. The molecule has 0 aliphatic carbocycles. The summed E-state index contributed by atoms with van der Waals surface area (Å²) in [6.45, 7) is 1.21. The number of pyridine rings is 1. The third-order valence-corrected chi connectivity index (χ3v) is 4.52. The molecular weight excluding hydrogens is 348 g/mol. The summed E-state index contributed by atoms with van der Waals surface area (Å²) in [5.74, 6) is 0.491. The molecule has 0 bridgehead atoms. The number of fused-ring (bicyclic) bond motifs is 1. The summed E-state index contributed by atoms with van der Waals surface area (Å²) < 4.78 is 7.15. The Morgan fingerprint density at radius 1 is 1.15 bits per heavy atom. The molecule has 0 saturated carbocycles. The number of para-hydroxylation sites is 1. The maximum Gasteiger partial charge on any atom is 0.328 e. The molecule has 3 heterocycles. The van der Waals surface area contributed by atoms with Crippen molar-refractivity contribution in [1.29, 1.82) is 0 Å². The lowest BCUT2D eigenvalue weighted by Gasteiger charge is -2.38. The minimum Gasteiger partial charge on any atom is -0.471 e. The summed E-state index contributed by atoms with van der Waals surface area (Å²) in [6, 6.07) is 12.9. The lowest BCUT2D eigenvalue weighted by atomic mass is 10.1. The molecule has 27 heavy (non-hydrogen) atoms. The fraction of sp³-hybridized carbons (Fsp3) is 0.263. The molecule has 0 unspecified atom stereocenters. The minimum absolute atomic E-state index is 0.0561. The van der Waals surface area contributed by atoms with Crippen LogP contribution >= 0.6 is 0 Å². The maximum absolute atomic E-state index is 12.2. The maximum atomic E-state index is 12.2. The summed E-state index contributed by atoms with van der Waals surface area (Å²) >= 11 is 0. The van der Waals surface area contributed by atoms with Gasteiger partial charge >= 0.3 is 5.69 Å². The fourth-order valence-corrected chi connectivity index (χ4v) is 2.99. The second-order valence-electron chi connectivity index (χ2n) is 6.43. The van der Waals surface area contributed by atoms with Crippen LogP contribution < -0.4 is 16.0 Å². The lowest BCUT2D eigenvalue weighted by Crippen LogP contribution is -2.56. The summed E-state index contributed by atoms with van der Waals surface area (Å²) in [6.07, 6.45) is 1.49. The van der Waals surface area contributed by atoms with Crippen molar-refractivity contribution in [3.05, 3.63) is 69.5 Å². The zero-order valence-corrected chi connectivity index (χ0v) is 14.5. The molecule has 138 valence electrons. The molecule has 0 spiro atoms. The third kappa shape index (κ3) is 3.74. The van der Waals surface area contributed by atoms with E-state index < -0.39 is 11.2 Å². The molecule has 1 saturated heterocycles. The lowest BCUT2D eigenvalue weighted by molar-refractivity contribution is -0.140. The van der Waals surface area contributed by atoms with Crippen LogP contribution in [0.1, 0.15) is 6.42 Å². The Hall–Kier alpha value is -3.42. The van der Waals surface area contributed by atoms with Gasteiger partial charge in [0.05, 0.1) is 18.6 Å². The second-order valence-corrected chi connectivity index (χ2v) is 6.43. The zero-order valence-electron chi connectivity index (χ0n) is 14.5. The third-order valence-electron chi connectivity index (χ3n) is 4.52. The van der Waals surface area contributed by atoms with Crippen LogP contribution in [0, 0.1) is 0 Å². The molecule has 4 rings (SSSR count). The highest BCUT2D eigenvalue weighted by Crippen LogP contribution is 2.20. The van der Waals surface area contributed by atoms with Gasteiger partial charge < -0.3 is 14.2 Å². The van der Waals surface area contributed by atoms with E-state index in [1.54, 1.807) is 4.90 Å². The first-order chi connectivity index (χ1) is 13.1. The van der Waals surface area contributed by atoms with Gasteiger partial charge in [0.15, 0.2) is 0 Å². The van der Waals surface area contributed by atoms with E-state index in [4.69, 9.17) is 4.74 Å². The standard InChI is InChI=1S/C19H18N4O4/c24-16-7-9-22(19(26)21-16)10-8-18(25)23-11-14(12-23)27-17-6-5-13-3-1-2-4-15(13)20-17/h1-7,9,14H,8,10-12H2,(H,21,24,26). The van der Waals surface area contributed by atoms with E-state index in [1.165, 1.54) is 16.8 Å². The van der Waals surface area contributed by atoms with E-state index in [9.17, 15) is 14.4 Å². The number of aromatic amines is 1. The zero-order chi connectivity index (χ0) is 18.8. The van der Waals surface area contributed by atoms with Crippen molar-refractivity contribution in [3.8, 4) is 5.88 Å². The average molecular weight is 366 g/mol. The molecule has 0 radical (unpaired) electrons. The molecule has 1 N–H and O–H groups in total. The van der Waals surface area contributed by atoms with Gasteiger partial charge in [-0.15, -0.1) is 0 Å². The largest absolute Gasteiger partial charge is 0.471 e. The Balaban J connectivity index is 1.28. The predicted octanol–water partition coefficient (Wildman–Crippen LogP) is 0.765. The van der Waals surface area contributed by atoms with Crippen molar-refractivity contribution in [2.75, 3.05) is 13.1 Å². The van der Waals surface area contributed by atoms with E-state index in [0.717, 1.165) is 10.9 Å². The van der Waals surface area contributed by atoms with Gasteiger partial charge in [-0.25, -0.2) is 9.78 Å². The molecule has 1 aliphatic rings. The van der Waals surface area contributed by atoms with Crippen LogP contribution in [0.2, 0.25) is 0 Å². The SMILES string of the molecule is O=C(CCn1ccc(=O)[nH]c1=O)N1CC(Oc2ccc3ccccc3n2)C1. The van der Waals surface area contributed by atoms with Crippen LogP contribution in [0.4, 0.5) is 0 Å². The first-order valence-corrected chi connectivity index (χ1v) is 8.68. The number of carbonyl (C=O) groups excluding carboxylic acids is 1. The number of nitrogens with zero attached hydrogens (tertiary/aromatic N) is 3. The van der Waals surface area contributed by atoms with Crippen molar-refractivity contribution in [2.45, 2.75) is 19.1 Å². The molecule has 2 aromatic heterocycles. The number of nitrogens with one attached hydrogen (secondary N) is 1. The molecular formula is C19H18N4O4. The number of benzene rings is 1. The molecule has 1 aromatic carbocycles. The highest BCUT2D eigenvalue weighted by molar-refractivity contribution is 5.79. The molecule has 0 atom stereocenters. The molecule has 8 heteroatoms. The summed E-state index contributed by atoms with van der Waals surface area (Å²) in [7, 11) is 0. The van der Waals surface area contributed by atoms with Crippen LogP contribution in [-0.2, 0) is 11.3 Å². The quantitative estimate of drug-likeness (QED) is 0.719.